The van der Waals surface area contributed by atoms with Crippen LogP contribution in [-0.4, -0.2) is 14.0 Å². The maximum atomic E-state index is 12.8. The van der Waals surface area contributed by atoms with Gasteiger partial charge in [0.1, 0.15) is 0 Å². The molecule has 0 aliphatic heterocycles. The van der Waals surface area contributed by atoms with Crippen LogP contribution in [0, 0.1) is 12.3 Å². The second kappa shape index (κ2) is 4.87. The summed E-state index contributed by atoms with van der Waals surface area (Å²) in [6.07, 6.45) is 0.358. The highest BCUT2D eigenvalue weighted by molar-refractivity contribution is 7.89. The number of terminal acetylenes is 1. The average Bonchev–Trinajstić information content (AvgIpc) is 2.27. The van der Waals surface area contributed by atoms with Gasteiger partial charge in [0.05, 0.1) is 16.0 Å². The molecule has 1 aromatic carbocycles. The molecule has 19 heavy (non-hydrogen) atoms. The van der Waals surface area contributed by atoms with Crippen molar-refractivity contribution < 1.29 is 21.6 Å². The number of nitrogens with one attached hydrogen (secondary N) is 1. The number of hydrogen-bond donors (Lipinski definition) is 1. The zero-order valence-corrected chi connectivity index (χ0v) is 11.1. The Bertz CT molecular complexity index is 613. The largest absolute Gasteiger partial charge is 0.417 e. The normalized spacial score (nSPS) is 13.1. The van der Waals surface area contributed by atoms with E-state index in [2.05, 4.69) is 5.92 Å². The third-order valence-electron chi connectivity index (χ3n) is 2.23. The fourth-order valence-corrected chi connectivity index (χ4v) is 2.93. The molecule has 0 heterocycles. The molecule has 0 aliphatic carbocycles. The number of rotatable bonds is 3. The third-order valence-corrected chi connectivity index (χ3v) is 3.95. The van der Waals surface area contributed by atoms with Crippen molar-refractivity contribution in [1.29, 1.82) is 0 Å². The Morgan fingerprint density at radius 1 is 1.21 bits per heavy atom. The smallest absolute Gasteiger partial charge is 0.207 e. The summed E-state index contributed by atoms with van der Waals surface area (Å²) in [5.41, 5.74) is -2.51. The van der Waals surface area contributed by atoms with E-state index in [1.165, 1.54) is 19.9 Å². The van der Waals surface area contributed by atoms with Crippen LogP contribution < -0.4 is 4.72 Å². The lowest BCUT2D eigenvalue weighted by Gasteiger charge is -2.21. The van der Waals surface area contributed by atoms with Crippen LogP contribution in [0.15, 0.2) is 29.2 Å². The van der Waals surface area contributed by atoms with E-state index >= 15 is 0 Å². The Hall–Kier alpha value is -1.52. The number of benzene rings is 1. The topological polar surface area (TPSA) is 46.2 Å². The first-order valence-electron chi connectivity index (χ1n) is 5.17. The van der Waals surface area contributed by atoms with Gasteiger partial charge in [-0.25, -0.2) is 8.42 Å². The predicted octanol–water partition coefficient (Wildman–Crippen LogP) is 2.40. The minimum absolute atomic E-state index is 0.706. The van der Waals surface area contributed by atoms with E-state index in [0.717, 1.165) is 12.1 Å². The summed E-state index contributed by atoms with van der Waals surface area (Å²) in [5, 5.41) is 0. The van der Waals surface area contributed by atoms with Crippen molar-refractivity contribution in [2.45, 2.75) is 30.5 Å². The van der Waals surface area contributed by atoms with E-state index in [1.807, 2.05) is 4.72 Å². The van der Waals surface area contributed by atoms with Crippen LogP contribution >= 0.6 is 0 Å². The third kappa shape index (κ3) is 3.72. The highest BCUT2D eigenvalue weighted by Gasteiger charge is 2.38. The lowest BCUT2D eigenvalue weighted by atomic mass is 10.1. The Morgan fingerprint density at radius 3 is 2.21 bits per heavy atom. The van der Waals surface area contributed by atoms with E-state index in [1.54, 1.807) is 0 Å². The summed E-state index contributed by atoms with van der Waals surface area (Å²) in [4.78, 5) is -0.842. The number of halogens is 3. The first-order valence-corrected chi connectivity index (χ1v) is 6.66. The molecule has 1 rings (SSSR count). The van der Waals surface area contributed by atoms with Gasteiger partial charge in [0.25, 0.3) is 0 Å². The molecule has 0 bridgehead atoms. The van der Waals surface area contributed by atoms with Gasteiger partial charge in [-0.3, -0.25) is 0 Å². The monoisotopic (exact) mass is 291 g/mol. The van der Waals surface area contributed by atoms with Crippen LogP contribution in [0.25, 0.3) is 0 Å². The molecule has 0 amide bonds. The fraction of sp³-hybridized carbons (Fsp3) is 0.333. The standard InChI is InChI=1S/C12H12F3NO2S/c1-4-11(2,3)16-19(17,18)10-8-6-5-7-9(10)12(13,14)15/h1,5-8,16H,2-3H3. The van der Waals surface area contributed by atoms with Crippen molar-refractivity contribution in [3.63, 3.8) is 0 Å². The second-order valence-electron chi connectivity index (χ2n) is 4.37. The summed E-state index contributed by atoms with van der Waals surface area (Å²) < 4.78 is 64.3. The van der Waals surface area contributed by atoms with Gasteiger partial charge < -0.3 is 0 Å². The van der Waals surface area contributed by atoms with Crippen LogP contribution in [-0.2, 0) is 16.2 Å². The zero-order chi connectivity index (χ0) is 14.9. The summed E-state index contributed by atoms with van der Waals surface area (Å²) in [6, 6.07) is 3.93. The number of hydrogen-bond acceptors (Lipinski definition) is 2. The molecular formula is C12H12F3NO2S. The number of alkyl halides is 3. The van der Waals surface area contributed by atoms with E-state index in [-0.39, 0.29) is 0 Å². The molecular weight excluding hydrogens is 279 g/mol. The van der Waals surface area contributed by atoms with Gasteiger partial charge in [-0.2, -0.15) is 17.9 Å². The molecule has 0 aromatic heterocycles. The second-order valence-corrected chi connectivity index (χ2v) is 6.02. The predicted molar refractivity (Wildman–Crippen MR) is 64.7 cm³/mol. The van der Waals surface area contributed by atoms with Crippen molar-refractivity contribution in [3.05, 3.63) is 29.8 Å². The van der Waals surface area contributed by atoms with E-state index in [0.29, 0.717) is 6.07 Å². The lowest BCUT2D eigenvalue weighted by Crippen LogP contribution is -2.42. The molecule has 7 heteroatoms. The molecule has 1 N–H and O–H groups in total. The van der Waals surface area contributed by atoms with Crippen molar-refractivity contribution in [2.75, 3.05) is 0 Å². The molecule has 104 valence electrons. The Labute approximate surface area is 109 Å². The SMILES string of the molecule is C#CC(C)(C)NS(=O)(=O)c1ccccc1C(F)(F)F. The minimum atomic E-state index is -4.76. The quantitative estimate of drug-likeness (QED) is 0.869. The van der Waals surface area contributed by atoms with Crippen molar-refractivity contribution in [3.8, 4) is 12.3 Å². The Balaban J connectivity index is 3.36. The van der Waals surface area contributed by atoms with E-state index in [4.69, 9.17) is 6.42 Å². The Kier molecular flexibility index (Phi) is 3.98. The maximum absolute atomic E-state index is 12.8. The van der Waals surface area contributed by atoms with Crippen LogP contribution in [0.5, 0.6) is 0 Å². The molecule has 0 unspecified atom stereocenters. The van der Waals surface area contributed by atoms with Crippen LogP contribution in [0.2, 0.25) is 0 Å². The number of sulfonamides is 1. The van der Waals surface area contributed by atoms with Crippen LogP contribution in [0.4, 0.5) is 13.2 Å². The molecule has 0 radical (unpaired) electrons. The van der Waals surface area contributed by atoms with Crippen LogP contribution in [0.3, 0.4) is 0 Å². The highest BCUT2D eigenvalue weighted by atomic mass is 32.2. The zero-order valence-electron chi connectivity index (χ0n) is 10.2. The van der Waals surface area contributed by atoms with E-state index < -0.39 is 32.2 Å². The van der Waals surface area contributed by atoms with Crippen LogP contribution in [0.1, 0.15) is 19.4 Å². The molecule has 0 atom stereocenters. The van der Waals surface area contributed by atoms with Crippen molar-refractivity contribution in [1.82, 2.24) is 4.72 Å². The first-order chi connectivity index (χ1) is 8.49. The molecule has 0 fully saturated rings. The van der Waals surface area contributed by atoms with Gasteiger partial charge in [0.2, 0.25) is 10.0 Å². The van der Waals surface area contributed by atoms with Gasteiger partial charge in [-0.05, 0) is 26.0 Å². The maximum Gasteiger partial charge on any atom is 0.417 e. The molecule has 0 saturated carbocycles. The minimum Gasteiger partial charge on any atom is -0.207 e. The Morgan fingerprint density at radius 2 is 1.74 bits per heavy atom. The molecule has 0 saturated heterocycles. The molecule has 1 aromatic rings. The van der Waals surface area contributed by atoms with Gasteiger partial charge in [-0.1, -0.05) is 18.1 Å². The van der Waals surface area contributed by atoms with Crippen molar-refractivity contribution >= 4 is 10.0 Å². The lowest BCUT2D eigenvalue weighted by molar-refractivity contribution is -0.139. The van der Waals surface area contributed by atoms with Gasteiger partial charge in [-0.15, -0.1) is 6.42 Å². The summed E-state index contributed by atoms with van der Waals surface area (Å²) in [5.74, 6) is 2.15. The van der Waals surface area contributed by atoms with Crippen molar-refractivity contribution in [2.24, 2.45) is 0 Å². The van der Waals surface area contributed by atoms with Gasteiger partial charge in [0.15, 0.2) is 0 Å². The molecule has 0 spiro atoms. The van der Waals surface area contributed by atoms with Gasteiger partial charge >= 0.3 is 6.18 Å². The fourth-order valence-electron chi connectivity index (χ4n) is 1.36. The average molecular weight is 291 g/mol. The summed E-state index contributed by atoms with van der Waals surface area (Å²) >= 11 is 0. The summed E-state index contributed by atoms with van der Waals surface area (Å²) in [7, 11) is -4.36. The summed E-state index contributed by atoms with van der Waals surface area (Å²) in [6.45, 7) is 2.75. The van der Waals surface area contributed by atoms with E-state index in [9.17, 15) is 21.6 Å². The molecule has 3 nitrogen and oxygen atoms in total. The highest BCUT2D eigenvalue weighted by Crippen LogP contribution is 2.34. The molecule has 0 aliphatic rings. The first kappa shape index (κ1) is 15.5. The van der Waals surface area contributed by atoms with Gasteiger partial charge in [0, 0.05) is 0 Å².